The minimum Gasteiger partial charge on any atom is -0.340 e. The number of halogens is 1. The van der Waals surface area contributed by atoms with Crippen molar-refractivity contribution in [3.05, 3.63) is 56.0 Å². The van der Waals surface area contributed by atoms with Gasteiger partial charge in [-0.3, -0.25) is 0 Å². The fraction of sp³-hybridized carbons (Fsp3) is 0.231. The molecule has 0 aliphatic heterocycles. The standard InChI is InChI=1S/C13H12ClN3OS2/c14-11-4-3-10(20-11)13(9-2-1-7-19-9)15-6-5-12-16-8-17-18-12/h1-4,7-8,13,15H,5-6H2. The molecule has 0 fully saturated rings. The van der Waals surface area contributed by atoms with E-state index in [1.54, 1.807) is 22.7 Å². The number of hydrogen-bond donors (Lipinski definition) is 1. The lowest BCUT2D eigenvalue weighted by Crippen LogP contribution is -2.23. The van der Waals surface area contributed by atoms with Gasteiger partial charge in [-0.2, -0.15) is 4.98 Å². The molecular formula is C13H12ClN3OS2. The van der Waals surface area contributed by atoms with E-state index >= 15 is 0 Å². The molecule has 7 heteroatoms. The average Bonchev–Trinajstić information content (AvgIpc) is 3.17. The maximum absolute atomic E-state index is 6.04. The zero-order valence-corrected chi connectivity index (χ0v) is 12.8. The highest BCUT2D eigenvalue weighted by Gasteiger charge is 2.16. The predicted octanol–water partition coefficient (Wildman–Crippen LogP) is 3.77. The molecule has 0 spiro atoms. The van der Waals surface area contributed by atoms with Crippen LogP contribution in [0.1, 0.15) is 21.7 Å². The van der Waals surface area contributed by atoms with E-state index in [1.165, 1.54) is 16.1 Å². The highest BCUT2D eigenvalue weighted by molar-refractivity contribution is 7.16. The normalized spacial score (nSPS) is 12.7. The van der Waals surface area contributed by atoms with E-state index in [1.807, 2.05) is 6.07 Å². The number of thiophene rings is 2. The van der Waals surface area contributed by atoms with E-state index < -0.39 is 0 Å². The fourth-order valence-electron chi connectivity index (χ4n) is 1.91. The molecule has 0 amide bonds. The molecule has 1 unspecified atom stereocenters. The minimum atomic E-state index is 0.162. The Morgan fingerprint density at radius 1 is 1.30 bits per heavy atom. The third kappa shape index (κ3) is 3.27. The number of aromatic nitrogens is 2. The molecule has 1 N–H and O–H groups in total. The second-order valence-corrected chi connectivity index (χ2v) is 6.86. The third-order valence-electron chi connectivity index (χ3n) is 2.80. The van der Waals surface area contributed by atoms with Crippen LogP contribution < -0.4 is 5.32 Å². The third-order valence-corrected chi connectivity index (χ3v) is 5.03. The Morgan fingerprint density at radius 3 is 2.90 bits per heavy atom. The number of rotatable bonds is 6. The monoisotopic (exact) mass is 325 g/mol. The second-order valence-electron chi connectivity index (χ2n) is 4.13. The Labute approximate surface area is 129 Å². The predicted molar refractivity (Wildman–Crippen MR) is 81.5 cm³/mol. The molecule has 0 saturated carbocycles. The van der Waals surface area contributed by atoms with Crippen molar-refractivity contribution in [1.82, 2.24) is 15.5 Å². The zero-order valence-electron chi connectivity index (χ0n) is 10.5. The van der Waals surface area contributed by atoms with Crippen LogP contribution in [0.2, 0.25) is 4.34 Å². The van der Waals surface area contributed by atoms with E-state index in [0.717, 1.165) is 10.9 Å². The topological polar surface area (TPSA) is 51.0 Å². The molecule has 0 radical (unpaired) electrons. The van der Waals surface area contributed by atoms with Gasteiger partial charge in [-0.25, -0.2) is 0 Å². The van der Waals surface area contributed by atoms with Crippen LogP contribution in [-0.4, -0.2) is 16.7 Å². The van der Waals surface area contributed by atoms with Crippen LogP contribution >= 0.6 is 34.3 Å². The minimum absolute atomic E-state index is 0.162. The van der Waals surface area contributed by atoms with Gasteiger partial charge in [-0.15, -0.1) is 22.7 Å². The van der Waals surface area contributed by atoms with Crippen molar-refractivity contribution in [3.8, 4) is 0 Å². The van der Waals surface area contributed by atoms with E-state index in [-0.39, 0.29) is 6.04 Å². The molecule has 1 atom stereocenters. The lowest BCUT2D eigenvalue weighted by Gasteiger charge is -2.15. The molecule has 3 heterocycles. The van der Waals surface area contributed by atoms with Gasteiger partial charge < -0.3 is 9.84 Å². The van der Waals surface area contributed by atoms with Crippen LogP contribution in [0.4, 0.5) is 0 Å². The van der Waals surface area contributed by atoms with Gasteiger partial charge in [0.1, 0.15) is 0 Å². The molecule has 0 aromatic carbocycles. The number of nitrogens with one attached hydrogen (secondary N) is 1. The van der Waals surface area contributed by atoms with Crippen molar-refractivity contribution in [2.24, 2.45) is 0 Å². The summed E-state index contributed by atoms with van der Waals surface area (Å²) in [6.45, 7) is 0.764. The molecule has 0 saturated heterocycles. The molecule has 4 nitrogen and oxygen atoms in total. The molecule has 0 aliphatic rings. The Balaban J connectivity index is 1.70. The Morgan fingerprint density at radius 2 is 2.25 bits per heavy atom. The first kappa shape index (κ1) is 13.8. The van der Waals surface area contributed by atoms with Crippen LogP contribution in [0.25, 0.3) is 0 Å². The van der Waals surface area contributed by atoms with E-state index in [4.69, 9.17) is 16.1 Å². The maximum Gasteiger partial charge on any atom is 0.227 e. The summed E-state index contributed by atoms with van der Waals surface area (Å²) in [5, 5.41) is 9.21. The summed E-state index contributed by atoms with van der Waals surface area (Å²) >= 11 is 9.37. The molecule has 20 heavy (non-hydrogen) atoms. The average molecular weight is 326 g/mol. The number of nitrogens with zero attached hydrogens (tertiary/aromatic N) is 2. The highest BCUT2D eigenvalue weighted by atomic mass is 35.5. The number of hydrogen-bond acceptors (Lipinski definition) is 6. The fourth-order valence-corrected chi connectivity index (χ4v) is 3.96. The lowest BCUT2D eigenvalue weighted by atomic mass is 10.2. The molecule has 104 valence electrons. The first-order valence-electron chi connectivity index (χ1n) is 6.10. The summed E-state index contributed by atoms with van der Waals surface area (Å²) in [5.74, 6) is 0.645. The smallest absolute Gasteiger partial charge is 0.227 e. The quantitative estimate of drug-likeness (QED) is 0.749. The molecular weight excluding hydrogens is 314 g/mol. The van der Waals surface area contributed by atoms with Gasteiger partial charge in [0.2, 0.25) is 5.89 Å². The van der Waals surface area contributed by atoms with E-state index in [9.17, 15) is 0 Å². The first-order valence-corrected chi connectivity index (χ1v) is 8.18. The van der Waals surface area contributed by atoms with Crippen molar-refractivity contribution >= 4 is 34.3 Å². The Kier molecular flexibility index (Phi) is 4.47. The summed E-state index contributed by atoms with van der Waals surface area (Å²) in [7, 11) is 0. The maximum atomic E-state index is 6.04. The van der Waals surface area contributed by atoms with Gasteiger partial charge in [0, 0.05) is 22.7 Å². The van der Waals surface area contributed by atoms with Crippen LogP contribution in [0, 0.1) is 0 Å². The van der Waals surface area contributed by atoms with Gasteiger partial charge in [0.25, 0.3) is 0 Å². The van der Waals surface area contributed by atoms with Gasteiger partial charge >= 0.3 is 0 Å². The van der Waals surface area contributed by atoms with E-state index in [0.29, 0.717) is 12.3 Å². The SMILES string of the molecule is Clc1ccc(C(NCCc2ncno2)c2cccs2)s1. The molecule has 3 aromatic rings. The summed E-state index contributed by atoms with van der Waals surface area (Å²) in [5.41, 5.74) is 0. The van der Waals surface area contributed by atoms with Crippen molar-refractivity contribution in [2.75, 3.05) is 6.54 Å². The zero-order chi connectivity index (χ0) is 13.8. The van der Waals surface area contributed by atoms with Crippen LogP contribution in [-0.2, 0) is 6.42 Å². The Bertz CT molecular complexity index is 636. The molecule has 3 aromatic heterocycles. The van der Waals surface area contributed by atoms with Gasteiger partial charge in [0.05, 0.1) is 10.4 Å². The second kappa shape index (κ2) is 6.49. The highest BCUT2D eigenvalue weighted by Crippen LogP contribution is 2.32. The van der Waals surface area contributed by atoms with Gasteiger partial charge in [-0.1, -0.05) is 22.8 Å². The van der Waals surface area contributed by atoms with Gasteiger partial charge in [0.15, 0.2) is 6.33 Å². The summed E-state index contributed by atoms with van der Waals surface area (Å²) < 4.78 is 5.80. The van der Waals surface area contributed by atoms with Crippen LogP contribution in [0.3, 0.4) is 0 Å². The molecule has 3 rings (SSSR count). The Hall–Kier alpha value is -1.21. The van der Waals surface area contributed by atoms with Crippen molar-refractivity contribution in [1.29, 1.82) is 0 Å². The lowest BCUT2D eigenvalue weighted by molar-refractivity contribution is 0.373. The largest absolute Gasteiger partial charge is 0.340 e. The van der Waals surface area contributed by atoms with Crippen LogP contribution in [0.15, 0.2) is 40.5 Å². The van der Waals surface area contributed by atoms with Crippen molar-refractivity contribution in [2.45, 2.75) is 12.5 Å². The molecule has 0 aliphatic carbocycles. The summed E-state index contributed by atoms with van der Waals surface area (Å²) in [4.78, 5) is 6.50. The first-order chi connectivity index (χ1) is 9.83. The van der Waals surface area contributed by atoms with Crippen molar-refractivity contribution < 1.29 is 4.52 Å². The van der Waals surface area contributed by atoms with Gasteiger partial charge in [-0.05, 0) is 23.6 Å². The molecule has 0 bridgehead atoms. The van der Waals surface area contributed by atoms with E-state index in [2.05, 4.69) is 39.0 Å². The summed E-state index contributed by atoms with van der Waals surface area (Å²) in [6, 6.07) is 8.35. The van der Waals surface area contributed by atoms with Crippen LogP contribution in [0.5, 0.6) is 0 Å². The summed E-state index contributed by atoms with van der Waals surface area (Å²) in [6.07, 6.45) is 2.13. The van der Waals surface area contributed by atoms with Crippen molar-refractivity contribution in [3.63, 3.8) is 0 Å².